The number of halogens is 1. The average molecular weight is 479 g/mol. The Hall–Kier alpha value is -3.88. The normalized spacial score (nSPS) is 14.7. The van der Waals surface area contributed by atoms with Crippen molar-refractivity contribution in [1.29, 1.82) is 0 Å². The second kappa shape index (κ2) is 8.41. The number of ether oxygens (including phenoxy) is 1. The van der Waals surface area contributed by atoms with E-state index in [4.69, 9.17) is 9.15 Å². The zero-order chi connectivity index (χ0) is 24.9. The maximum absolute atomic E-state index is 15.2. The third-order valence-electron chi connectivity index (χ3n) is 5.96. The molecular weight excluding hydrogens is 451 g/mol. The van der Waals surface area contributed by atoms with E-state index < -0.39 is 17.0 Å². The van der Waals surface area contributed by atoms with Gasteiger partial charge in [-0.2, -0.15) is 0 Å². The van der Waals surface area contributed by atoms with Crippen LogP contribution in [0.25, 0.3) is 27.9 Å². The van der Waals surface area contributed by atoms with E-state index >= 15 is 4.39 Å². The first kappa shape index (κ1) is 22.9. The number of hydrogen-bond acceptors (Lipinski definition) is 6. The highest BCUT2D eigenvalue weighted by molar-refractivity contribution is 5.85. The van der Waals surface area contributed by atoms with Crippen molar-refractivity contribution in [2.45, 2.75) is 33.3 Å². The van der Waals surface area contributed by atoms with Gasteiger partial charge in [0.2, 0.25) is 0 Å². The first-order valence-corrected chi connectivity index (χ1v) is 11.5. The molecule has 8 nitrogen and oxygen atoms in total. The van der Waals surface area contributed by atoms with E-state index in [1.54, 1.807) is 17.2 Å². The molecule has 0 unspecified atom stereocenters. The van der Waals surface area contributed by atoms with Crippen LogP contribution >= 0.6 is 0 Å². The molecule has 0 atom stereocenters. The minimum Gasteiger partial charge on any atom is -0.444 e. The number of fused-ring (bicyclic) bond motifs is 2. The minimum absolute atomic E-state index is 0.169. The molecule has 3 aromatic heterocycles. The zero-order valence-corrected chi connectivity index (χ0v) is 20.2. The van der Waals surface area contributed by atoms with Gasteiger partial charge in [-0.15, -0.1) is 0 Å². The number of carbonyl (C=O) groups is 1. The number of aryl methyl sites for hydroxylation is 1. The highest BCUT2D eigenvalue weighted by Crippen LogP contribution is 2.28. The van der Waals surface area contributed by atoms with E-state index in [-0.39, 0.29) is 22.6 Å². The van der Waals surface area contributed by atoms with E-state index in [9.17, 15) is 9.59 Å². The predicted molar refractivity (Wildman–Crippen MR) is 131 cm³/mol. The number of amides is 1. The van der Waals surface area contributed by atoms with E-state index in [2.05, 4.69) is 4.98 Å². The smallest absolute Gasteiger partial charge is 0.410 e. The molecule has 1 saturated heterocycles. The molecule has 4 heterocycles. The summed E-state index contributed by atoms with van der Waals surface area (Å²) in [7, 11) is 0. The molecule has 5 rings (SSSR count). The van der Waals surface area contributed by atoms with Crippen molar-refractivity contribution in [1.82, 2.24) is 14.3 Å². The minimum atomic E-state index is -0.580. The van der Waals surface area contributed by atoms with Gasteiger partial charge in [0.25, 0.3) is 0 Å². The molecule has 0 aliphatic carbocycles. The van der Waals surface area contributed by atoms with Gasteiger partial charge in [-0.3, -0.25) is 0 Å². The average Bonchev–Trinajstić information content (AvgIpc) is 3.20. The van der Waals surface area contributed by atoms with Crippen molar-refractivity contribution < 1.29 is 18.3 Å². The number of hydrogen-bond donors (Lipinski definition) is 0. The molecule has 1 aliphatic rings. The second-order valence-electron chi connectivity index (χ2n) is 9.84. The monoisotopic (exact) mass is 478 g/mol. The molecule has 4 aromatic rings. The van der Waals surface area contributed by atoms with E-state index in [0.717, 1.165) is 5.56 Å². The number of rotatable bonds is 2. The van der Waals surface area contributed by atoms with Crippen LogP contribution in [-0.2, 0) is 4.74 Å². The Morgan fingerprint density at radius 3 is 2.54 bits per heavy atom. The number of pyridine rings is 1. The molecule has 1 fully saturated rings. The van der Waals surface area contributed by atoms with Crippen LogP contribution in [0.15, 0.2) is 51.9 Å². The maximum atomic E-state index is 15.2. The standard InChI is InChI=1S/C26H27FN4O4/c1-16-5-6-23-28-21(15-31(23)14-16)19-13-18-20(27)11-17(12-22(18)34-24(19)32)29-7-9-30(10-8-29)25(33)35-26(2,3)4/h5-6,11-15H,7-10H2,1-4H3. The number of benzene rings is 1. The van der Waals surface area contributed by atoms with Gasteiger partial charge in [0.05, 0.1) is 16.6 Å². The Labute approximate surface area is 201 Å². The Morgan fingerprint density at radius 1 is 1.09 bits per heavy atom. The summed E-state index contributed by atoms with van der Waals surface area (Å²) in [5, 5.41) is 0.212. The van der Waals surface area contributed by atoms with Crippen LogP contribution in [0.1, 0.15) is 26.3 Å². The van der Waals surface area contributed by atoms with Crippen molar-refractivity contribution in [3.05, 3.63) is 64.5 Å². The fourth-order valence-electron chi connectivity index (χ4n) is 4.23. The number of anilines is 1. The lowest BCUT2D eigenvalue weighted by molar-refractivity contribution is 0.0240. The Bertz CT molecular complexity index is 1490. The van der Waals surface area contributed by atoms with Gasteiger partial charge in [-0.1, -0.05) is 6.07 Å². The lowest BCUT2D eigenvalue weighted by Gasteiger charge is -2.36. The summed E-state index contributed by atoms with van der Waals surface area (Å²) < 4.78 is 28.0. The Balaban J connectivity index is 1.41. The van der Waals surface area contributed by atoms with Crippen LogP contribution in [-0.4, -0.2) is 52.2 Å². The Kier molecular flexibility index (Phi) is 5.50. The predicted octanol–water partition coefficient (Wildman–Crippen LogP) is 4.61. The Morgan fingerprint density at radius 2 is 1.83 bits per heavy atom. The van der Waals surface area contributed by atoms with Gasteiger partial charge < -0.3 is 23.4 Å². The first-order chi connectivity index (χ1) is 16.6. The van der Waals surface area contributed by atoms with Gasteiger partial charge in [0.1, 0.15) is 22.6 Å². The van der Waals surface area contributed by atoms with Crippen molar-refractivity contribution in [2.24, 2.45) is 0 Å². The molecule has 1 amide bonds. The molecule has 0 bridgehead atoms. The maximum Gasteiger partial charge on any atom is 0.410 e. The van der Waals surface area contributed by atoms with Crippen LogP contribution in [0, 0.1) is 12.7 Å². The van der Waals surface area contributed by atoms with Crippen LogP contribution in [0.5, 0.6) is 0 Å². The van der Waals surface area contributed by atoms with Gasteiger partial charge in [-0.05, 0) is 51.5 Å². The van der Waals surface area contributed by atoms with Crippen LogP contribution < -0.4 is 10.5 Å². The molecule has 1 aliphatic heterocycles. The molecule has 0 N–H and O–H groups in total. The van der Waals surface area contributed by atoms with E-state index in [1.165, 1.54) is 12.1 Å². The molecule has 1 aromatic carbocycles. The third kappa shape index (κ3) is 4.58. The number of carbonyl (C=O) groups excluding carboxylic acids is 1. The van der Waals surface area contributed by atoms with Crippen LogP contribution in [0.3, 0.4) is 0 Å². The van der Waals surface area contributed by atoms with E-state index in [0.29, 0.717) is 43.2 Å². The summed E-state index contributed by atoms with van der Waals surface area (Å²) in [6.45, 7) is 9.36. The van der Waals surface area contributed by atoms with Crippen LogP contribution in [0.2, 0.25) is 0 Å². The second-order valence-corrected chi connectivity index (χ2v) is 9.84. The van der Waals surface area contributed by atoms with Crippen molar-refractivity contribution in [3.63, 3.8) is 0 Å². The molecule has 0 radical (unpaired) electrons. The first-order valence-electron chi connectivity index (χ1n) is 11.5. The molecule has 0 spiro atoms. The van der Waals surface area contributed by atoms with Gasteiger partial charge in [0.15, 0.2) is 0 Å². The van der Waals surface area contributed by atoms with Crippen molar-refractivity contribution in [3.8, 4) is 11.3 Å². The lowest BCUT2D eigenvalue weighted by Crippen LogP contribution is -2.50. The number of imidazole rings is 1. The fraction of sp³-hybridized carbons (Fsp3) is 0.346. The van der Waals surface area contributed by atoms with E-state index in [1.807, 2.05) is 55.3 Å². The number of piperazine rings is 1. The topological polar surface area (TPSA) is 80.3 Å². The summed E-state index contributed by atoms with van der Waals surface area (Å²) in [5.41, 5.74) is 1.99. The quantitative estimate of drug-likeness (QED) is 0.392. The summed E-state index contributed by atoms with van der Waals surface area (Å²) in [4.78, 5) is 33.2. The van der Waals surface area contributed by atoms with Crippen LogP contribution in [0.4, 0.5) is 14.9 Å². The summed E-state index contributed by atoms with van der Waals surface area (Å²) in [6.07, 6.45) is 3.28. The van der Waals surface area contributed by atoms with Crippen molar-refractivity contribution >= 4 is 28.4 Å². The van der Waals surface area contributed by atoms with Crippen molar-refractivity contribution in [2.75, 3.05) is 31.1 Å². The summed E-state index contributed by atoms with van der Waals surface area (Å²) >= 11 is 0. The molecule has 0 saturated carbocycles. The fourth-order valence-corrected chi connectivity index (χ4v) is 4.23. The molecular formula is C26H27FN4O4. The SMILES string of the molecule is Cc1ccc2nc(-c3cc4c(F)cc(N5CCN(C(=O)OC(C)(C)C)CC5)cc4oc3=O)cn2c1. The highest BCUT2D eigenvalue weighted by Gasteiger charge is 2.26. The largest absolute Gasteiger partial charge is 0.444 e. The molecule has 182 valence electrons. The summed E-state index contributed by atoms with van der Waals surface area (Å²) in [5.74, 6) is -0.489. The number of aromatic nitrogens is 2. The molecule has 9 heteroatoms. The summed E-state index contributed by atoms with van der Waals surface area (Å²) in [6, 6.07) is 8.39. The molecule has 35 heavy (non-hydrogen) atoms. The zero-order valence-electron chi connectivity index (χ0n) is 20.2. The number of nitrogens with zero attached hydrogens (tertiary/aromatic N) is 4. The highest BCUT2D eigenvalue weighted by atomic mass is 19.1. The lowest BCUT2D eigenvalue weighted by atomic mass is 10.1. The van der Waals surface area contributed by atoms with Gasteiger partial charge in [0, 0.05) is 50.3 Å². The van der Waals surface area contributed by atoms with Gasteiger partial charge in [-0.25, -0.2) is 19.0 Å². The third-order valence-corrected chi connectivity index (χ3v) is 5.96. The van der Waals surface area contributed by atoms with Gasteiger partial charge >= 0.3 is 11.7 Å².